The predicted octanol–water partition coefficient (Wildman–Crippen LogP) is 5.49. The summed E-state index contributed by atoms with van der Waals surface area (Å²) in [6.07, 6.45) is 3.66. The van der Waals surface area contributed by atoms with Gasteiger partial charge in [-0.1, -0.05) is 0 Å². The van der Waals surface area contributed by atoms with Crippen LogP contribution in [0, 0.1) is 0 Å². The zero-order valence-corrected chi connectivity index (χ0v) is 16.7. The SMILES string of the molecule is CCCC[Se]C1=C(c2ccc(OC)cc2)CCOC1c1ccccc1. The van der Waals surface area contributed by atoms with Crippen molar-refractivity contribution in [3.63, 3.8) is 0 Å². The van der Waals surface area contributed by atoms with Gasteiger partial charge in [-0.15, -0.1) is 0 Å². The quantitative estimate of drug-likeness (QED) is 0.451. The van der Waals surface area contributed by atoms with Crippen LogP contribution in [0.2, 0.25) is 5.32 Å². The Labute approximate surface area is 157 Å². The molecule has 0 aliphatic carbocycles. The van der Waals surface area contributed by atoms with E-state index in [1.54, 1.807) is 7.11 Å². The molecule has 25 heavy (non-hydrogen) atoms. The van der Waals surface area contributed by atoms with Crippen molar-refractivity contribution in [2.45, 2.75) is 37.6 Å². The van der Waals surface area contributed by atoms with E-state index >= 15 is 0 Å². The number of ether oxygens (including phenoxy) is 2. The molecule has 0 radical (unpaired) electrons. The molecular weight excluding hydrogens is 375 g/mol. The van der Waals surface area contributed by atoms with E-state index in [0.717, 1.165) is 18.8 Å². The summed E-state index contributed by atoms with van der Waals surface area (Å²) in [5.41, 5.74) is 4.08. The van der Waals surface area contributed by atoms with Crippen LogP contribution in [0.15, 0.2) is 59.1 Å². The first-order valence-electron chi connectivity index (χ1n) is 9.00. The van der Waals surface area contributed by atoms with Gasteiger partial charge in [0.2, 0.25) is 0 Å². The van der Waals surface area contributed by atoms with Crippen molar-refractivity contribution >= 4 is 20.5 Å². The van der Waals surface area contributed by atoms with Crippen molar-refractivity contribution < 1.29 is 9.47 Å². The third kappa shape index (κ3) is 4.55. The van der Waals surface area contributed by atoms with Crippen LogP contribution in [-0.4, -0.2) is 28.7 Å². The summed E-state index contributed by atoms with van der Waals surface area (Å²) in [6.45, 7) is 3.05. The molecule has 0 fully saturated rings. The van der Waals surface area contributed by atoms with Gasteiger partial charge in [0.05, 0.1) is 0 Å². The topological polar surface area (TPSA) is 18.5 Å². The van der Waals surface area contributed by atoms with E-state index in [2.05, 4.69) is 61.5 Å². The molecule has 2 aromatic carbocycles. The van der Waals surface area contributed by atoms with Gasteiger partial charge in [-0.05, 0) is 0 Å². The summed E-state index contributed by atoms with van der Waals surface area (Å²) in [4.78, 5) is 0. The molecule has 0 spiro atoms. The monoisotopic (exact) mass is 402 g/mol. The summed E-state index contributed by atoms with van der Waals surface area (Å²) in [5, 5.41) is 1.28. The molecule has 2 aromatic rings. The zero-order chi connectivity index (χ0) is 17.5. The van der Waals surface area contributed by atoms with Gasteiger partial charge in [-0.3, -0.25) is 0 Å². The summed E-state index contributed by atoms with van der Waals surface area (Å²) in [5.74, 6) is 0.911. The van der Waals surface area contributed by atoms with E-state index in [1.165, 1.54) is 39.3 Å². The van der Waals surface area contributed by atoms with Crippen LogP contribution in [-0.2, 0) is 4.74 Å². The number of benzene rings is 2. The molecule has 3 rings (SSSR count). The normalized spacial score (nSPS) is 17.6. The minimum atomic E-state index is 0.115. The van der Waals surface area contributed by atoms with Crippen LogP contribution in [0.1, 0.15) is 43.4 Å². The summed E-state index contributed by atoms with van der Waals surface area (Å²) in [6, 6.07) is 19.2. The molecule has 0 saturated carbocycles. The molecule has 1 aliphatic heterocycles. The summed E-state index contributed by atoms with van der Waals surface area (Å²) in [7, 11) is 1.72. The van der Waals surface area contributed by atoms with Crippen LogP contribution in [0.4, 0.5) is 0 Å². The predicted molar refractivity (Wildman–Crippen MR) is 105 cm³/mol. The fourth-order valence-corrected chi connectivity index (χ4v) is 6.02. The average molecular weight is 401 g/mol. The molecule has 1 unspecified atom stereocenters. The van der Waals surface area contributed by atoms with Crippen molar-refractivity contribution in [3.8, 4) is 5.75 Å². The van der Waals surface area contributed by atoms with Crippen molar-refractivity contribution in [2.24, 2.45) is 0 Å². The Morgan fingerprint density at radius 3 is 2.52 bits per heavy atom. The molecule has 132 valence electrons. The molecule has 2 nitrogen and oxygen atoms in total. The Hall–Kier alpha value is -1.54. The number of methoxy groups -OCH3 is 1. The van der Waals surface area contributed by atoms with E-state index in [4.69, 9.17) is 9.47 Å². The van der Waals surface area contributed by atoms with Gasteiger partial charge < -0.3 is 0 Å². The van der Waals surface area contributed by atoms with Crippen LogP contribution < -0.4 is 4.74 Å². The fraction of sp³-hybridized carbons (Fsp3) is 0.364. The first-order valence-corrected chi connectivity index (χ1v) is 11.1. The van der Waals surface area contributed by atoms with E-state index in [-0.39, 0.29) is 6.10 Å². The van der Waals surface area contributed by atoms with E-state index in [0.29, 0.717) is 15.0 Å². The fourth-order valence-electron chi connectivity index (χ4n) is 3.08. The van der Waals surface area contributed by atoms with Crippen molar-refractivity contribution in [1.82, 2.24) is 0 Å². The van der Waals surface area contributed by atoms with Crippen LogP contribution >= 0.6 is 0 Å². The van der Waals surface area contributed by atoms with Gasteiger partial charge in [0, 0.05) is 0 Å². The number of hydrogen-bond donors (Lipinski definition) is 0. The van der Waals surface area contributed by atoms with Gasteiger partial charge >= 0.3 is 157 Å². The Morgan fingerprint density at radius 2 is 1.84 bits per heavy atom. The van der Waals surface area contributed by atoms with Gasteiger partial charge in [0.25, 0.3) is 0 Å². The average Bonchev–Trinajstić information content (AvgIpc) is 2.69. The molecule has 1 aliphatic rings. The molecule has 0 N–H and O–H groups in total. The number of rotatable bonds is 7. The third-order valence-corrected chi connectivity index (χ3v) is 7.12. The second kappa shape index (κ2) is 9.24. The second-order valence-electron chi connectivity index (χ2n) is 6.18. The van der Waals surface area contributed by atoms with Crippen LogP contribution in [0.3, 0.4) is 0 Å². The number of hydrogen-bond acceptors (Lipinski definition) is 2. The van der Waals surface area contributed by atoms with Crippen molar-refractivity contribution in [3.05, 3.63) is 70.2 Å². The zero-order valence-electron chi connectivity index (χ0n) is 15.0. The molecule has 0 saturated heterocycles. The molecule has 1 heterocycles. The summed E-state index contributed by atoms with van der Waals surface area (Å²) < 4.78 is 13.1. The summed E-state index contributed by atoms with van der Waals surface area (Å²) >= 11 is 0.464. The maximum atomic E-state index is 6.24. The maximum absolute atomic E-state index is 6.24. The van der Waals surface area contributed by atoms with Crippen molar-refractivity contribution in [1.29, 1.82) is 0 Å². The molecular formula is C22H26O2Se. The standard InChI is InChI=1S/C22H26O2Se/c1-3-4-16-25-22-20(17-10-12-19(23-2)13-11-17)14-15-24-21(22)18-8-6-5-7-9-18/h5-13,21H,3-4,14-16H2,1-2H3. The third-order valence-electron chi connectivity index (χ3n) is 4.47. The van der Waals surface area contributed by atoms with Gasteiger partial charge in [0.15, 0.2) is 0 Å². The Morgan fingerprint density at radius 1 is 1.08 bits per heavy atom. The van der Waals surface area contributed by atoms with Crippen molar-refractivity contribution in [2.75, 3.05) is 13.7 Å². The first-order chi connectivity index (χ1) is 12.3. The first kappa shape index (κ1) is 18.3. The molecule has 1 atom stereocenters. The Kier molecular flexibility index (Phi) is 6.75. The van der Waals surface area contributed by atoms with Crippen LogP contribution in [0.5, 0.6) is 5.75 Å². The molecule has 0 bridgehead atoms. The van der Waals surface area contributed by atoms with Crippen LogP contribution in [0.25, 0.3) is 5.57 Å². The van der Waals surface area contributed by atoms with Gasteiger partial charge in [-0.25, -0.2) is 0 Å². The van der Waals surface area contributed by atoms with E-state index in [1.807, 2.05) is 0 Å². The van der Waals surface area contributed by atoms with Gasteiger partial charge in [-0.2, -0.15) is 0 Å². The molecule has 0 amide bonds. The Bertz CT molecular complexity index is 692. The minimum absolute atomic E-state index is 0.115. The molecule has 3 heteroatoms. The van der Waals surface area contributed by atoms with E-state index in [9.17, 15) is 0 Å². The van der Waals surface area contributed by atoms with Gasteiger partial charge in [0.1, 0.15) is 0 Å². The number of unbranched alkanes of at least 4 members (excludes halogenated alkanes) is 1. The molecule has 0 aromatic heterocycles. The Balaban J connectivity index is 1.97. The second-order valence-corrected chi connectivity index (χ2v) is 8.57. The van der Waals surface area contributed by atoms with E-state index < -0.39 is 0 Å².